The van der Waals surface area contributed by atoms with Gasteiger partial charge in [0, 0.05) is 32.3 Å². The van der Waals surface area contributed by atoms with Crippen LogP contribution in [0.25, 0.3) is 0 Å². The molecule has 1 rings (SSSR count). The van der Waals surface area contributed by atoms with Crippen LogP contribution >= 0.6 is 12.2 Å². The Morgan fingerprint density at radius 2 is 2.10 bits per heavy atom. The maximum absolute atomic E-state index is 10.8. The van der Waals surface area contributed by atoms with Gasteiger partial charge >= 0.3 is 0 Å². The van der Waals surface area contributed by atoms with Crippen LogP contribution in [0, 0.1) is 10.1 Å². The van der Waals surface area contributed by atoms with Crippen LogP contribution in [0.4, 0.5) is 5.69 Å². The highest BCUT2D eigenvalue weighted by Gasteiger charge is 2.16. The summed E-state index contributed by atoms with van der Waals surface area (Å²) in [6.45, 7) is 3.62. The van der Waals surface area contributed by atoms with Crippen molar-refractivity contribution >= 4 is 23.0 Å². The second kappa shape index (κ2) is 7.90. The predicted octanol–water partition coefficient (Wildman–Crippen LogP) is 2.02. The average Bonchev–Trinajstić information content (AvgIpc) is 2.45. The number of likely N-dealkylation sites (N-methyl/N-ethyl adjacent to an activating group) is 1. The maximum atomic E-state index is 10.8. The van der Waals surface area contributed by atoms with Crippen molar-refractivity contribution in [2.45, 2.75) is 13.0 Å². The Labute approximate surface area is 130 Å². The van der Waals surface area contributed by atoms with E-state index < -0.39 is 0 Å². The molecule has 0 bridgehead atoms. The summed E-state index contributed by atoms with van der Waals surface area (Å²) >= 11 is 5.35. The minimum absolute atomic E-state index is 0.0377. The van der Waals surface area contributed by atoms with Crippen molar-refractivity contribution in [2.75, 3.05) is 34.2 Å². The van der Waals surface area contributed by atoms with Gasteiger partial charge in [0.05, 0.1) is 11.0 Å². The van der Waals surface area contributed by atoms with E-state index in [1.165, 1.54) is 6.07 Å². The van der Waals surface area contributed by atoms with Crippen molar-refractivity contribution in [3.05, 3.63) is 39.9 Å². The maximum Gasteiger partial charge on any atom is 0.269 e. The smallest absolute Gasteiger partial charge is 0.269 e. The van der Waals surface area contributed by atoms with E-state index in [-0.39, 0.29) is 16.7 Å². The first-order chi connectivity index (χ1) is 9.82. The van der Waals surface area contributed by atoms with Gasteiger partial charge in [-0.05, 0) is 38.8 Å². The molecule has 0 saturated carbocycles. The lowest BCUT2D eigenvalue weighted by Gasteiger charge is -2.28. The molecule has 6 nitrogen and oxygen atoms in total. The number of nitrogens with zero attached hydrogens (tertiary/aromatic N) is 3. The fraction of sp³-hybridized carbons (Fsp3) is 0.500. The Bertz CT molecular complexity index is 508. The van der Waals surface area contributed by atoms with E-state index in [4.69, 9.17) is 12.2 Å². The van der Waals surface area contributed by atoms with E-state index >= 15 is 0 Å². The summed E-state index contributed by atoms with van der Waals surface area (Å²) in [5.41, 5.74) is 0.961. The Balaban J connectivity index is 2.68. The summed E-state index contributed by atoms with van der Waals surface area (Å²) in [7, 11) is 5.88. The zero-order valence-electron chi connectivity index (χ0n) is 12.9. The summed E-state index contributed by atoms with van der Waals surface area (Å²) < 4.78 is 0. The lowest BCUT2D eigenvalue weighted by Crippen LogP contribution is -2.41. The first-order valence-electron chi connectivity index (χ1n) is 6.72. The van der Waals surface area contributed by atoms with Crippen LogP contribution in [0.1, 0.15) is 18.5 Å². The number of nitrogens with one attached hydrogen (secondary N) is 1. The number of benzene rings is 1. The van der Waals surface area contributed by atoms with Crippen molar-refractivity contribution in [3.63, 3.8) is 0 Å². The Kier molecular flexibility index (Phi) is 6.51. The molecule has 1 aromatic carbocycles. The highest BCUT2D eigenvalue weighted by molar-refractivity contribution is 7.80. The molecule has 1 N–H and O–H groups in total. The zero-order valence-corrected chi connectivity index (χ0v) is 13.7. The van der Waals surface area contributed by atoms with E-state index in [1.807, 2.05) is 39.0 Å². The van der Waals surface area contributed by atoms with Crippen molar-refractivity contribution < 1.29 is 4.92 Å². The first kappa shape index (κ1) is 17.3. The molecule has 7 heteroatoms. The lowest BCUT2D eigenvalue weighted by atomic mass is 10.1. The Morgan fingerprint density at radius 3 is 2.67 bits per heavy atom. The fourth-order valence-corrected chi connectivity index (χ4v) is 2.07. The molecule has 0 amide bonds. The summed E-state index contributed by atoms with van der Waals surface area (Å²) in [5, 5.41) is 14.7. The summed E-state index contributed by atoms with van der Waals surface area (Å²) in [6, 6.07) is 6.61. The molecular formula is C14H22N4O2S. The average molecular weight is 310 g/mol. The first-order valence-corrected chi connectivity index (χ1v) is 7.13. The number of nitro groups is 1. The molecule has 0 radical (unpaired) electrons. The van der Waals surface area contributed by atoms with Gasteiger partial charge in [0.2, 0.25) is 0 Å². The van der Waals surface area contributed by atoms with Gasteiger partial charge in [0.1, 0.15) is 0 Å². The summed E-state index contributed by atoms with van der Waals surface area (Å²) in [5.74, 6) is 0. The predicted molar refractivity (Wildman–Crippen MR) is 88.4 cm³/mol. The van der Waals surface area contributed by atoms with Gasteiger partial charge in [-0.2, -0.15) is 0 Å². The fourth-order valence-electron chi connectivity index (χ4n) is 1.81. The van der Waals surface area contributed by atoms with Crippen LogP contribution in [0.15, 0.2) is 24.3 Å². The highest BCUT2D eigenvalue weighted by atomic mass is 32.1. The number of hydrogen-bond donors (Lipinski definition) is 1. The number of thiocarbonyl (C=S) groups is 1. The van der Waals surface area contributed by atoms with Gasteiger partial charge in [-0.1, -0.05) is 12.1 Å². The van der Waals surface area contributed by atoms with Crippen molar-refractivity contribution in [1.29, 1.82) is 0 Å². The molecule has 0 aromatic heterocycles. The Morgan fingerprint density at radius 1 is 1.43 bits per heavy atom. The third-order valence-corrected chi connectivity index (χ3v) is 3.73. The molecule has 1 aromatic rings. The lowest BCUT2D eigenvalue weighted by molar-refractivity contribution is -0.384. The minimum Gasteiger partial charge on any atom is -0.361 e. The third-order valence-electron chi connectivity index (χ3n) is 3.30. The number of non-ortho nitro benzene ring substituents is 1. The minimum atomic E-state index is -0.385. The molecule has 116 valence electrons. The van der Waals surface area contributed by atoms with Gasteiger partial charge in [0.15, 0.2) is 5.11 Å². The van der Waals surface area contributed by atoms with Crippen LogP contribution in [0.2, 0.25) is 0 Å². The van der Waals surface area contributed by atoms with Crippen molar-refractivity contribution in [2.24, 2.45) is 0 Å². The second-order valence-electron chi connectivity index (χ2n) is 5.17. The highest BCUT2D eigenvalue weighted by Crippen LogP contribution is 2.22. The molecule has 0 aliphatic carbocycles. The number of rotatable bonds is 6. The van der Waals surface area contributed by atoms with E-state index in [2.05, 4.69) is 10.2 Å². The standard InChI is InChI=1S/C14H22N4O2S/c1-11(12-6-5-7-13(10-12)18(19)20)17(4)14(21)15-8-9-16(2)3/h5-7,10-11H,8-9H2,1-4H3,(H,15,21)/t11-/m1/s1. The van der Waals surface area contributed by atoms with Crippen LogP contribution < -0.4 is 5.32 Å². The SMILES string of the molecule is C[C@H](c1cccc([N+](=O)[O-])c1)N(C)C(=S)NCCN(C)C. The molecule has 0 saturated heterocycles. The van der Waals surface area contributed by atoms with Crippen molar-refractivity contribution in [3.8, 4) is 0 Å². The van der Waals surface area contributed by atoms with Gasteiger partial charge < -0.3 is 15.1 Å². The zero-order chi connectivity index (χ0) is 16.0. The topological polar surface area (TPSA) is 61.7 Å². The number of hydrogen-bond acceptors (Lipinski definition) is 4. The second-order valence-corrected chi connectivity index (χ2v) is 5.56. The molecule has 0 aliphatic heterocycles. The Hall–Kier alpha value is -1.73. The van der Waals surface area contributed by atoms with Crippen LogP contribution in [0.5, 0.6) is 0 Å². The monoisotopic (exact) mass is 310 g/mol. The van der Waals surface area contributed by atoms with Crippen LogP contribution in [0.3, 0.4) is 0 Å². The molecule has 0 spiro atoms. The molecule has 0 fully saturated rings. The molecule has 21 heavy (non-hydrogen) atoms. The van der Waals surface area contributed by atoms with Gasteiger partial charge in [-0.25, -0.2) is 0 Å². The van der Waals surface area contributed by atoms with E-state index in [9.17, 15) is 10.1 Å². The van der Waals surface area contributed by atoms with Crippen LogP contribution in [-0.2, 0) is 0 Å². The van der Waals surface area contributed by atoms with Gasteiger partial charge in [-0.15, -0.1) is 0 Å². The van der Waals surface area contributed by atoms with E-state index in [0.29, 0.717) is 5.11 Å². The molecule has 0 heterocycles. The third kappa shape index (κ3) is 5.28. The van der Waals surface area contributed by atoms with Gasteiger partial charge in [0.25, 0.3) is 5.69 Å². The quantitative estimate of drug-likeness (QED) is 0.493. The summed E-state index contributed by atoms with van der Waals surface area (Å²) in [6.07, 6.45) is 0. The molecule has 1 atom stereocenters. The number of nitro benzene ring substituents is 1. The molecule has 0 unspecified atom stereocenters. The van der Waals surface area contributed by atoms with E-state index in [0.717, 1.165) is 18.7 Å². The van der Waals surface area contributed by atoms with Crippen LogP contribution in [-0.4, -0.2) is 54.1 Å². The van der Waals surface area contributed by atoms with Crippen molar-refractivity contribution in [1.82, 2.24) is 15.1 Å². The van der Waals surface area contributed by atoms with E-state index in [1.54, 1.807) is 12.1 Å². The largest absolute Gasteiger partial charge is 0.361 e. The molecule has 0 aliphatic rings. The van der Waals surface area contributed by atoms with Gasteiger partial charge in [-0.3, -0.25) is 10.1 Å². The molecular weight excluding hydrogens is 288 g/mol. The summed E-state index contributed by atoms with van der Waals surface area (Å²) in [4.78, 5) is 14.4. The normalized spacial score (nSPS) is 12.0.